The van der Waals surface area contributed by atoms with Gasteiger partial charge in [-0.05, 0) is 37.1 Å². The summed E-state index contributed by atoms with van der Waals surface area (Å²) in [5, 5.41) is 2.80. The molecular weight excluding hydrogens is 392 g/mol. The highest BCUT2D eigenvalue weighted by Gasteiger charge is 2.36. The maximum absolute atomic E-state index is 13.1. The Morgan fingerprint density at radius 3 is 2.55 bits per heavy atom. The second kappa shape index (κ2) is 8.65. The number of carbonyl (C=O) groups is 2. The normalized spacial score (nSPS) is 14.4. The van der Waals surface area contributed by atoms with Gasteiger partial charge in [-0.25, -0.2) is 8.42 Å². The van der Waals surface area contributed by atoms with Gasteiger partial charge >= 0.3 is 0 Å². The van der Waals surface area contributed by atoms with Crippen LogP contribution in [0, 0.1) is 0 Å². The second-order valence-corrected chi connectivity index (χ2v) is 9.20. The molecule has 1 atom stereocenters. The minimum absolute atomic E-state index is 0.0151. The molecule has 1 aliphatic rings. The van der Waals surface area contributed by atoms with Crippen LogP contribution in [0.25, 0.3) is 0 Å². The van der Waals surface area contributed by atoms with Gasteiger partial charge in [0.15, 0.2) is 0 Å². The largest absolute Gasteiger partial charge is 0.492 e. The maximum Gasteiger partial charge on any atom is 0.255 e. The fourth-order valence-electron chi connectivity index (χ4n) is 3.35. The van der Waals surface area contributed by atoms with Crippen LogP contribution in [-0.2, 0) is 21.2 Å². The van der Waals surface area contributed by atoms with Crippen molar-refractivity contribution in [3.05, 3.63) is 59.7 Å². The van der Waals surface area contributed by atoms with E-state index in [9.17, 15) is 18.0 Å². The number of fused-ring (bicyclic) bond motifs is 1. The Morgan fingerprint density at radius 1 is 1.17 bits per heavy atom. The third-order valence-electron chi connectivity index (χ3n) is 4.74. The van der Waals surface area contributed by atoms with Crippen molar-refractivity contribution in [2.45, 2.75) is 25.9 Å². The summed E-state index contributed by atoms with van der Waals surface area (Å²) in [4.78, 5) is 27.4. The SMILES string of the molecule is CCOc1ccccc1NC(=O)C(CCS(C)(=O)=O)N1Cc2ccccc2C1=O. The van der Waals surface area contributed by atoms with E-state index in [2.05, 4.69) is 5.32 Å². The van der Waals surface area contributed by atoms with Crippen LogP contribution in [0.3, 0.4) is 0 Å². The first-order valence-electron chi connectivity index (χ1n) is 9.39. The summed E-state index contributed by atoms with van der Waals surface area (Å²) in [5.41, 5.74) is 1.84. The molecule has 0 spiro atoms. The quantitative estimate of drug-likeness (QED) is 0.714. The third kappa shape index (κ3) is 4.95. The van der Waals surface area contributed by atoms with Gasteiger partial charge in [0, 0.05) is 18.4 Å². The van der Waals surface area contributed by atoms with Crippen LogP contribution in [-0.4, -0.2) is 49.8 Å². The number of rotatable bonds is 8. The number of benzene rings is 2. The standard InChI is InChI=1S/C21H24N2O5S/c1-3-28-19-11-7-6-10-17(19)22-20(24)18(12-13-29(2,26)27)23-14-15-8-4-5-9-16(15)21(23)25/h4-11,18H,3,12-14H2,1-2H3,(H,22,24). The van der Waals surface area contributed by atoms with Crippen molar-refractivity contribution in [1.29, 1.82) is 0 Å². The lowest BCUT2D eigenvalue weighted by atomic mass is 10.1. The fourth-order valence-corrected chi connectivity index (χ4v) is 4.00. The lowest BCUT2D eigenvalue weighted by molar-refractivity contribution is -0.120. The predicted octanol–water partition coefficient (Wildman–Crippen LogP) is 2.48. The first-order chi connectivity index (χ1) is 13.8. The van der Waals surface area contributed by atoms with Gasteiger partial charge in [0.25, 0.3) is 5.91 Å². The summed E-state index contributed by atoms with van der Waals surface area (Å²) in [6, 6.07) is 13.2. The van der Waals surface area contributed by atoms with Crippen LogP contribution in [0.5, 0.6) is 5.75 Å². The Hall–Kier alpha value is -2.87. The van der Waals surface area contributed by atoms with E-state index in [-0.39, 0.29) is 24.6 Å². The van der Waals surface area contributed by atoms with E-state index in [4.69, 9.17) is 4.74 Å². The number of carbonyl (C=O) groups excluding carboxylic acids is 2. The van der Waals surface area contributed by atoms with Gasteiger partial charge in [0.1, 0.15) is 21.6 Å². The molecule has 8 heteroatoms. The molecule has 2 aromatic carbocycles. The molecule has 1 heterocycles. The predicted molar refractivity (Wildman–Crippen MR) is 111 cm³/mol. The number of para-hydroxylation sites is 2. The molecule has 0 bridgehead atoms. The van der Waals surface area contributed by atoms with Gasteiger partial charge in [-0.3, -0.25) is 9.59 Å². The molecule has 0 saturated carbocycles. The number of nitrogens with one attached hydrogen (secondary N) is 1. The molecule has 29 heavy (non-hydrogen) atoms. The molecule has 0 radical (unpaired) electrons. The number of anilines is 1. The molecule has 0 aliphatic carbocycles. The van der Waals surface area contributed by atoms with E-state index < -0.39 is 21.8 Å². The van der Waals surface area contributed by atoms with Gasteiger partial charge in [-0.2, -0.15) is 0 Å². The Kier molecular flexibility index (Phi) is 6.22. The number of sulfone groups is 1. The number of nitrogens with zero attached hydrogens (tertiary/aromatic N) is 1. The fraction of sp³-hybridized carbons (Fsp3) is 0.333. The highest BCUT2D eigenvalue weighted by molar-refractivity contribution is 7.90. The zero-order valence-corrected chi connectivity index (χ0v) is 17.2. The zero-order valence-electron chi connectivity index (χ0n) is 16.4. The molecular formula is C21H24N2O5S. The number of ether oxygens (including phenoxy) is 1. The van der Waals surface area contributed by atoms with Crippen LogP contribution in [0.4, 0.5) is 5.69 Å². The topological polar surface area (TPSA) is 92.8 Å². The van der Waals surface area contributed by atoms with Crippen molar-refractivity contribution in [2.24, 2.45) is 0 Å². The molecule has 1 aliphatic heterocycles. The molecule has 7 nitrogen and oxygen atoms in total. The van der Waals surface area contributed by atoms with E-state index in [0.717, 1.165) is 11.8 Å². The van der Waals surface area contributed by atoms with Crippen molar-refractivity contribution in [1.82, 2.24) is 4.90 Å². The minimum atomic E-state index is -3.30. The van der Waals surface area contributed by atoms with Crippen molar-refractivity contribution >= 4 is 27.3 Å². The van der Waals surface area contributed by atoms with Crippen LogP contribution in [0.2, 0.25) is 0 Å². The monoisotopic (exact) mass is 416 g/mol. The number of hydrogen-bond donors (Lipinski definition) is 1. The van der Waals surface area contributed by atoms with Crippen molar-refractivity contribution in [3.8, 4) is 5.75 Å². The van der Waals surface area contributed by atoms with Crippen LogP contribution >= 0.6 is 0 Å². The van der Waals surface area contributed by atoms with Crippen LogP contribution < -0.4 is 10.1 Å². The smallest absolute Gasteiger partial charge is 0.255 e. The lowest BCUT2D eigenvalue weighted by Crippen LogP contribution is -2.45. The number of amides is 2. The molecule has 2 aromatic rings. The summed E-state index contributed by atoms with van der Waals surface area (Å²) in [6.07, 6.45) is 1.13. The molecule has 1 N–H and O–H groups in total. The summed E-state index contributed by atoms with van der Waals surface area (Å²) in [6.45, 7) is 2.54. The molecule has 1 unspecified atom stereocenters. The summed E-state index contributed by atoms with van der Waals surface area (Å²) in [5.74, 6) is -0.395. The molecule has 0 saturated heterocycles. The summed E-state index contributed by atoms with van der Waals surface area (Å²) >= 11 is 0. The highest BCUT2D eigenvalue weighted by atomic mass is 32.2. The Balaban J connectivity index is 1.86. The number of hydrogen-bond acceptors (Lipinski definition) is 5. The van der Waals surface area contributed by atoms with E-state index in [1.807, 2.05) is 19.1 Å². The van der Waals surface area contributed by atoms with Gasteiger partial charge in [-0.15, -0.1) is 0 Å². The third-order valence-corrected chi connectivity index (χ3v) is 5.71. The summed E-state index contributed by atoms with van der Waals surface area (Å²) in [7, 11) is -3.30. The average Bonchev–Trinajstić information content (AvgIpc) is 3.00. The van der Waals surface area contributed by atoms with E-state index in [1.54, 1.807) is 36.4 Å². The molecule has 154 valence electrons. The first-order valence-corrected chi connectivity index (χ1v) is 11.5. The molecule has 3 rings (SSSR count). The molecule has 2 amide bonds. The molecule has 0 aromatic heterocycles. The Morgan fingerprint density at radius 2 is 1.86 bits per heavy atom. The van der Waals surface area contributed by atoms with Crippen molar-refractivity contribution < 1.29 is 22.7 Å². The van der Waals surface area contributed by atoms with Crippen LogP contribution in [0.15, 0.2) is 48.5 Å². The highest BCUT2D eigenvalue weighted by Crippen LogP contribution is 2.28. The zero-order chi connectivity index (χ0) is 21.0. The Bertz CT molecular complexity index is 1020. The van der Waals surface area contributed by atoms with E-state index >= 15 is 0 Å². The molecule has 0 fully saturated rings. The Labute approximate surface area is 170 Å². The lowest BCUT2D eigenvalue weighted by Gasteiger charge is -2.27. The van der Waals surface area contributed by atoms with E-state index in [0.29, 0.717) is 23.6 Å². The second-order valence-electron chi connectivity index (χ2n) is 6.94. The van der Waals surface area contributed by atoms with Gasteiger partial charge in [0.05, 0.1) is 18.0 Å². The van der Waals surface area contributed by atoms with Crippen molar-refractivity contribution in [3.63, 3.8) is 0 Å². The first kappa shape index (κ1) is 20.9. The van der Waals surface area contributed by atoms with Gasteiger partial charge < -0.3 is 15.0 Å². The van der Waals surface area contributed by atoms with Crippen molar-refractivity contribution in [2.75, 3.05) is 23.9 Å². The van der Waals surface area contributed by atoms with E-state index in [1.165, 1.54) is 4.90 Å². The van der Waals surface area contributed by atoms with Gasteiger partial charge in [-0.1, -0.05) is 30.3 Å². The summed E-state index contributed by atoms with van der Waals surface area (Å²) < 4.78 is 29.0. The average molecular weight is 416 g/mol. The van der Waals surface area contributed by atoms with Crippen LogP contribution in [0.1, 0.15) is 29.3 Å². The van der Waals surface area contributed by atoms with Gasteiger partial charge in [0.2, 0.25) is 5.91 Å². The maximum atomic E-state index is 13.1. The minimum Gasteiger partial charge on any atom is -0.492 e.